The number of carboxylic acids is 1. The maximum atomic E-state index is 13.7. The molecule has 144 valence electrons. The molecule has 0 heterocycles. The first-order valence-corrected chi connectivity index (χ1v) is 8.35. The van der Waals surface area contributed by atoms with Crippen molar-refractivity contribution in [3.8, 4) is 5.75 Å². The summed E-state index contributed by atoms with van der Waals surface area (Å²) < 4.78 is 32.1. The van der Waals surface area contributed by atoms with Gasteiger partial charge in [0, 0.05) is 6.42 Å². The van der Waals surface area contributed by atoms with Crippen molar-refractivity contribution in [1.29, 1.82) is 0 Å². The summed E-state index contributed by atoms with van der Waals surface area (Å²) in [6, 6.07) is 9.80. The number of carboxylic acid groups (broad SMARTS) is 1. The Kier molecular flexibility index (Phi) is 6.50. The van der Waals surface area contributed by atoms with E-state index in [4.69, 9.17) is 4.74 Å². The number of hydrogen-bond donors (Lipinski definition) is 2. The van der Waals surface area contributed by atoms with Crippen LogP contribution in [0.2, 0.25) is 0 Å². The number of rotatable bonds is 8. The highest BCUT2D eigenvalue weighted by atomic mass is 19.1. The zero-order valence-electron chi connectivity index (χ0n) is 15.1. The zero-order valence-corrected chi connectivity index (χ0v) is 15.1. The van der Waals surface area contributed by atoms with Crippen LogP contribution in [0.5, 0.6) is 5.75 Å². The van der Waals surface area contributed by atoms with Crippen molar-refractivity contribution in [2.75, 3.05) is 7.11 Å². The Balaban J connectivity index is 2.16. The highest BCUT2D eigenvalue weighted by Crippen LogP contribution is 2.28. The molecule has 2 rings (SSSR count). The van der Waals surface area contributed by atoms with Crippen molar-refractivity contribution in [1.82, 2.24) is 5.32 Å². The van der Waals surface area contributed by atoms with Crippen LogP contribution in [0, 0.1) is 11.6 Å². The number of amides is 1. The number of nitrogens with one attached hydrogen (secondary N) is 1. The van der Waals surface area contributed by atoms with E-state index in [1.807, 2.05) is 0 Å². The van der Waals surface area contributed by atoms with Crippen molar-refractivity contribution >= 4 is 11.9 Å². The van der Waals surface area contributed by atoms with E-state index in [2.05, 4.69) is 5.32 Å². The van der Waals surface area contributed by atoms with Crippen LogP contribution < -0.4 is 10.1 Å². The molecule has 0 saturated carbocycles. The lowest BCUT2D eigenvalue weighted by Crippen LogP contribution is -2.45. The van der Waals surface area contributed by atoms with E-state index in [1.54, 1.807) is 31.2 Å². The molecule has 0 fully saturated rings. The molecule has 1 unspecified atom stereocenters. The number of carbonyl (C=O) groups is 2. The smallest absolute Gasteiger partial charge is 0.306 e. The number of benzene rings is 2. The van der Waals surface area contributed by atoms with E-state index in [0.29, 0.717) is 11.3 Å². The number of aryl methyl sites for hydroxylation is 1. The number of ether oxygens (including phenoxy) is 1. The molecule has 0 radical (unpaired) electrons. The Hall–Kier alpha value is -2.96. The number of hydrogen-bond acceptors (Lipinski definition) is 3. The molecule has 0 aliphatic rings. The second kappa shape index (κ2) is 8.62. The molecule has 0 aromatic heterocycles. The maximum absolute atomic E-state index is 13.7. The standard InChI is InChI=1S/C20H21F2NO4/c1-20(12-19(25)26,14-4-3-5-16(11-14)27-2)23-18(24)9-6-13-10-15(21)7-8-17(13)22/h3-5,7-8,10-11H,6,9,12H2,1-2H3,(H,23,24)(H,25,26). The fourth-order valence-corrected chi connectivity index (χ4v) is 2.84. The van der Waals surface area contributed by atoms with Crippen LogP contribution in [0.4, 0.5) is 8.78 Å². The summed E-state index contributed by atoms with van der Waals surface area (Å²) in [4.78, 5) is 23.7. The summed E-state index contributed by atoms with van der Waals surface area (Å²) in [6.07, 6.45) is -0.462. The van der Waals surface area contributed by atoms with Gasteiger partial charge >= 0.3 is 5.97 Å². The Bertz CT molecular complexity index is 840. The van der Waals surface area contributed by atoms with Gasteiger partial charge < -0.3 is 15.2 Å². The van der Waals surface area contributed by atoms with E-state index in [9.17, 15) is 23.5 Å². The van der Waals surface area contributed by atoms with Crippen molar-refractivity contribution in [2.45, 2.75) is 31.7 Å². The van der Waals surface area contributed by atoms with Gasteiger partial charge in [0.1, 0.15) is 17.4 Å². The van der Waals surface area contributed by atoms with Crippen LogP contribution in [0.1, 0.15) is 30.9 Å². The van der Waals surface area contributed by atoms with E-state index in [-0.39, 0.29) is 24.8 Å². The molecule has 0 saturated heterocycles. The number of aliphatic carboxylic acids is 1. The summed E-state index contributed by atoms with van der Waals surface area (Å²) in [5.74, 6) is -2.20. The molecule has 2 aromatic rings. The van der Waals surface area contributed by atoms with Crippen LogP contribution in [0.15, 0.2) is 42.5 Å². The molecular formula is C20H21F2NO4. The third kappa shape index (κ3) is 5.51. The van der Waals surface area contributed by atoms with Crippen LogP contribution in [0.25, 0.3) is 0 Å². The largest absolute Gasteiger partial charge is 0.497 e. The van der Waals surface area contributed by atoms with Crippen LogP contribution >= 0.6 is 0 Å². The fourth-order valence-electron chi connectivity index (χ4n) is 2.84. The predicted molar refractivity (Wildman–Crippen MR) is 95.4 cm³/mol. The molecule has 5 nitrogen and oxygen atoms in total. The quantitative estimate of drug-likeness (QED) is 0.739. The van der Waals surface area contributed by atoms with Crippen molar-refractivity contribution in [3.05, 3.63) is 65.2 Å². The molecule has 2 aromatic carbocycles. The first-order valence-electron chi connectivity index (χ1n) is 8.35. The number of methoxy groups -OCH3 is 1. The summed E-state index contributed by atoms with van der Waals surface area (Å²) in [5.41, 5.74) is -0.529. The Morgan fingerprint density at radius 3 is 2.59 bits per heavy atom. The summed E-state index contributed by atoms with van der Waals surface area (Å²) in [6.45, 7) is 1.59. The molecule has 0 spiro atoms. The van der Waals surface area contributed by atoms with Crippen LogP contribution in [-0.2, 0) is 21.5 Å². The van der Waals surface area contributed by atoms with Crippen molar-refractivity contribution in [2.24, 2.45) is 0 Å². The lowest BCUT2D eigenvalue weighted by molar-refractivity contribution is -0.139. The fraction of sp³-hybridized carbons (Fsp3) is 0.300. The van der Waals surface area contributed by atoms with Gasteiger partial charge in [-0.1, -0.05) is 12.1 Å². The second-order valence-electron chi connectivity index (χ2n) is 6.42. The maximum Gasteiger partial charge on any atom is 0.306 e. The molecule has 1 amide bonds. The van der Waals surface area contributed by atoms with Crippen LogP contribution in [-0.4, -0.2) is 24.1 Å². The molecule has 27 heavy (non-hydrogen) atoms. The minimum absolute atomic E-state index is 0.00328. The van der Waals surface area contributed by atoms with Gasteiger partial charge in [-0.15, -0.1) is 0 Å². The highest BCUT2D eigenvalue weighted by Gasteiger charge is 2.31. The summed E-state index contributed by atoms with van der Waals surface area (Å²) >= 11 is 0. The van der Waals surface area contributed by atoms with Gasteiger partial charge in [-0.3, -0.25) is 9.59 Å². The molecule has 1 atom stereocenters. The Morgan fingerprint density at radius 2 is 1.93 bits per heavy atom. The molecule has 7 heteroatoms. The lowest BCUT2D eigenvalue weighted by atomic mass is 9.88. The van der Waals surface area contributed by atoms with Crippen LogP contribution in [0.3, 0.4) is 0 Å². The molecule has 0 bridgehead atoms. The van der Waals surface area contributed by atoms with Gasteiger partial charge in [0.2, 0.25) is 5.91 Å². The SMILES string of the molecule is COc1cccc(C(C)(CC(=O)O)NC(=O)CCc2cc(F)ccc2F)c1. The summed E-state index contributed by atoms with van der Waals surface area (Å²) in [7, 11) is 1.49. The highest BCUT2D eigenvalue weighted by molar-refractivity contribution is 5.79. The third-order valence-corrected chi connectivity index (χ3v) is 4.26. The number of carbonyl (C=O) groups excluding carboxylic acids is 1. The van der Waals surface area contributed by atoms with Gasteiger partial charge in [0.15, 0.2) is 0 Å². The van der Waals surface area contributed by atoms with Gasteiger partial charge in [0.25, 0.3) is 0 Å². The minimum Gasteiger partial charge on any atom is -0.497 e. The van der Waals surface area contributed by atoms with Crippen molar-refractivity contribution in [3.63, 3.8) is 0 Å². The minimum atomic E-state index is -1.18. The molecule has 0 aliphatic heterocycles. The average molecular weight is 377 g/mol. The second-order valence-corrected chi connectivity index (χ2v) is 6.42. The Morgan fingerprint density at radius 1 is 1.19 bits per heavy atom. The molecule has 2 N–H and O–H groups in total. The van der Waals surface area contributed by atoms with Crippen molar-refractivity contribution < 1.29 is 28.2 Å². The average Bonchev–Trinajstić information content (AvgIpc) is 2.61. The first-order chi connectivity index (χ1) is 12.7. The number of halogens is 2. The van der Waals surface area contributed by atoms with E-state index in [0.717, 1.165) is 18.2 Å². The third-order valence-electron chi connectivity index (χ3n) is 4.26. The molecule has 0 aliphatic carbocycles. The van der Waals surface area contributed by atoms with E-state index >= 15 is 0 Å². The summed E-state index contributed by atoms with van der Waals surface area (Å²) in [5, 5.41) is 12.0. The van der Waals surface area contributed by atoms with Gasteiger partial charge in [-0.2, -0.15) is 0 Å². The topological polar surface area (TPSA) is 75.6 Å². The Labute approximate surface area is 156 Å². The normalized spacial score (nSPS) is 12.9. The van der Waals surface area contributed by atoms with Gasteiger partial charge in [-0.05, 0) is 54.8 Å². The van der Waals surface area contributed by atoms with Gasteiger partial charge in [-0.25, -0.2) is 8.78 Å². The van der Waals surface area contributed by atoms with E-state index < -0.39 is 29.0 Å². The van der Waals surface area contributed by atoms with E-state index in [1.165, 1.54) is 7.11 Å². The predicted octanol–water partition coefficient (Wildman–Crippen LogP) is 3.41. The monoisotopic (exact) mass is 377 g/mol. The lowest BCUT2D eigenvalue weighted by Gasteiger charge is -2.30. The zero-order chi connectivity index (χ0) is 20.0. The first kappa shape index (κ1) is 20.4. The van der Waals surface area contributed by atoms with Gasteiger partial charge in [0.05, 0.1) is 19.1 Å². The molecular weight excluding hydrogens is 356 g/mol.